The summed E-state index contributed by atoms with van der Waals surface area (Å²) in [5.41, 5.74) is 1.98. The molecule has 0 fully saturated rings. The Bertz CT molecular complexity index is 282. The van der Waals surface area contributed by atoms with Crippen molar-refractivity contribution in [2.75, 3.05) is 0 Å². The van der Waals surface area contributed by atoms with E-state index in [9.17, 15) is 4.79 Å². The van der Waals surface area contributed by atoms with E-state index in [0.29, 0.717) is 0 Å². The minimum absolute atomic E-state index is 0.739. The lowest BCUT2D eigenvalue weighted by atomic mass is 10.1. The molecule has 0 N–H and O–H groups in total. The highest BCUT2D eigenvalue weighted by atomic mass is 16.1. The normalized spacial score (nSPS) is 10.5. The summed E-state index contributed by atoms with van der Waals surface area (Å²) in [6.45, 7) is 2.12. The molecule has 0 aliphatic heterocycles. The van der Waals surface area contributed by atoms with Gasteiger partial charge in [-0.1, -0.05) is 43.3 Å². The van der Waals surface area contributed by atoms with Gasteiger partial charge < -0.3 is 0 Å². The van der Waals surface area contributed by atoms with Crippen LogP contribution in [0.25, 0.3) is 0 Å². The Hall–Kier alpha value is -1.37. The van der Waals surface area contributed by atoms with Gasteiger partial charge in [0.05, 0.1) is 0 Å². The summed E-state index contributed by atoms with van der Waals surface area (Å²) in [6, 6.07) is 7.68. The molecule has 0 saturated carbocycles. The number of benzene rings is 1. The first-order valence-electron chi connectivity index (χ1n) is 4.56. The molecular formula is C12H14O. The third-order valence-corrected chi connectivity index (χ3v) is 1.87. The van der Waals surface area contributed by atoms with Gasteiger partial charge in [0.15, 0.2) is 0 Å². The Morgan fingerprint density at radius 3 is 2.38 bits per heavy atom. The maximum absolute atomic E-state index is 10.4. The van der Waals surface area contributed by atoms with Crippen LogP contribution in [0.4, 0.5) is 0 Å². The van der Waals surface area contributed by atoms with Crippen molar-refractivity contribution in [2.24, 2.45) is 0 Å². The smallest absolute Gasteiger partial charge is 0.150 e. The number of carbonyl (C=O) groups is 1. The van der Waals surface area contributed by atoms with Gasteiger partial charge in [0.25, 0.3) is 0 Å². The van der Waals surface area contributed by atoms with Crippen LogP contribution >= 0.6 is 0 Å². The summed E-state index contributed by atoms with van der Waals surface area (Å²) in [5.74, 6) is 0. The zero-order valence-electron chi connectivity index (χ0n) is 7.86. The summed E-state index contributed by atoms with van der Waals surface area (Å²) >= 11 is 0. The zero-order chi connectivity index (χ0) is 9.52. The Labute approximate surface area is 79.1 Å². The third kappa shape index (κ3) is 3.24. The lowest BCUT2D eigenvalue weighted by Crippen LogP contribution is -1.83. The second kappa shape index (κ2) is 5.31. The lowest BCUT2D eigenvalue weighted by Gasteiger charge is -1.95. The average molecular weight is 174 g/mol. The second-order valence-corrected chi connectivity index (χ2v) is 2.94. The number of allylic oxidation sites excluding steroid dienone is 2. The average Bonchev–Trinajstić information content (AvgIpc) is 2.19. The fraction of sp³-hybridized carbons (Fsp3) is 0.250. The Kier molecular flexibility index (Phi) is 3.97. The molecule has 0 heterocycles. The molecule has 1 aromatic carbocycles. The van der Waals surface area contributed by atoms with Crippen molar-refractivity contribution < 1.29 is 4.79 Å². The van der Waals surface area contributed by atoms with E-state index in [1.165, 1.54) is 5.56 Å². The molecule has 0 unspecified atom stereocenters. The van der Waals surface area contributed by atoms with Crippen molar-refractivity contribution in [3.05, 3.63) is 47.5 Å². The van der Waals surface area contributed by atoms with Crippen molar-refractivity contribution in [3.8, 4) is 0 Å². The van der Waals surface area contributed by atoms with Crippen molar-refractivity contribution >= 4 is 6.29 Å². The number of carbonyl (C=O) groups excluding carboxylic acids is 1. The van der Waals surface area contributed by atoms with Gasteiger partial charge in [-0.05, 0) is 18.4 Å². The van der Waals surface area contributed by atoms with Crippen LogP contribution < -0.4 is 0 Å². The van der Waals surface area contributed by atoms with Gasteiger partial charge in [0, 0.05) is 5.56 Å². The van der Waals surface area contributed by atoms with E-state index in [-0.39, 0.29) is 0 Å². The molecule has 1 nitrogen and oxygen atoms in total. The minimum atomic E-state index is 0.739. The monoisotopic (exact) mass is 174 g/mol. The molecule has 0 aliphatic carbocycles. The Morgan fingerprint density at radius 2 is 1.85 bits per heavy atom. The van der Waals surface area contributed by atoms with Gasteiger partial charge in [0.1, 0.15) is 6.29 Å². The van der Waals surface area contributed by atoms with Crippen LogP contribution in [0.5, 0.6) is 0 Å². The van der Waals surface area contributed by atoms with Gasteiger partial charge in [-0.15, -0.1) is 0 Å². The fourth-order valence-electron chi connectivity index (χ4n) is 1.12. The molecule has 1 heteroatoms. The van der Waals surface area contributed by atoms with Crippen LogP contribution in [-0.4, -0.2) is 6.29 Å². The maximum atomic E-state index is 10.4. The van der Waals surface area contributed by atoms with E-state index in [1.807, 2.05) is 24.3 Å². The number of hydrogen-bond donors (Lipinski definition) is 0. The minimum Gasteiger partial charge on any atom is -0.298 e. The predicted molar refractivity (Wildman–Crippen MR) is 55.0 cm³/mol. The van der Waals surface area contributed by atoms with E-state index in [1.54, 1.807) is 0 Å². The molecule has 0 aliphatic rings. The van der Waals surface area contributed by atoms with Crippen molar-refractivity contribution in [1.82, 2.24) is 0 Å². The number of hydrogen-bond acceptors (Lipinski definition) is 1. The van der Waals surface area contributed by atoms with Crippen LogP contribution in [0.2, 0.25) is 0 Å². The molecule has 0 amide bonds. The topological polar surface area (TPSA) is 17.1 Å². The van der Waals surface area contributed by atoms with Gasteiger partial charge in [-0.3, -0.25) is 4.79 Å². The van der Waals surface area contributed by atoms with Gasteiger partial charge >= 0.3 is 0 Å². The van der Waals surface area contributed by atoms with E-state index in [0.717, 1.165) is 24.7 Å². The molecule has 1 aromatic rings. The van der Waals surface area contributed by atoms with Gasteiger partial charge in [-0.25, -0.2) is 0 Å². The maximum Gasteiger partial charge on any atom is 0.150 e. The summed E-state index contributed by atoms with van der Waals surface area (Å²) < 4.78 is 0. The summed E-state index contributed by atoms with van der Waals surface area (Å²) in [5, 5.41) is 0. The highest BCUT2D eigenvalue weighted by Crippen LogP contribution is 2.03. The SMILES string of the molecule is CC/C=C/Cc1ccc(C=O)cc1. The van der Waals surface area contributed by atoms with E-state index in [4.69, 9.17) is 0 Å². The van der Waals surface area contributed by atoms with Gasteiger partial charge in [0.2, 0.25) is 0 Å². The van der Waals surface area contributed by atoms with Gasteiger partial charge in [-0.2, -0.15) is 0 Å². The molecule has 13 heavy (non-hydrogen) atoms. The summed E-state index contributed by atoms with van der Waals surface area (Å²) in [7, 11) is 0. The molecule has 0 aromatic heterocycles. The Balaban J connectivity index is 2.59. The summed E-state index contributed by atoms with van der Waals surface area (Å²) in [4.78, 5) is 10.4. The largest absolute Gasteiger partial charge is 0.298 e. The quantitative estimate of drug-likeness (QED) is 0.506. The third-order valence-electron chi connectivity index (χ3n) is 1.87. The first-order valence-corrected chi connectivity index (χ1v) is 4.56. The fourth-order valence-corrected chi connectivity index (χ4v) is 1.12. The van der Waals surface area contributed by atoms with E-state index in [2.05, 4.69) is 19.1 Å². The number of aldehydes is 1. The van der Waals surface area contributed by atoms with Crippen LogP contribution in [-0.2, 0) is 6.42 Å². The molecular weight excluding hydrogens is 160 g/mol. The van der Waals surface area contributed by atoms with E-state index < -0.39 is 0 Å². The Morgan fingerprint density at radius 1 is 1.15 bits per heavy atom. The highest BCUT2D eigenvalue weighted by Gasteiger charge is 1.90. The molecule has 68 valence electrons. The first kappa shape index (κ1) is 9.72. The highest BCUT2D eigenvalue weighted by molar-refractivity contribution is 5.74. The molecule has 0 spiro atoms. The van der Waals surface area contributed by atoms with E-state index >= 15 is 0 Å². The van der Waals surface area contributed by atoms with Crippen molar-refractivity contribution in [1.29, 1.82) is 0 Å². The molecule has 0 atom stereocenters. The zero-order valence-corrected chi connectivity index (χ0v) is 7.86. The second-order valence-electron chi connectivity index (χ2n) is 2.94. The standard InChI is InChI=1S/C12H14O/c1-2-3-4-5-11-6-8-12(10-13)9-7-11/h3-4,6-10H,2,5H2,1H3/b4-3+. The van der Waals surface area contributed by atoms with Crippen molar-refractivity contribution in [3.63, 3.8) is 0 Å². The van der Waals surface area contributed by atoms with Crippen LogP contribution in [0.15, 0.2) is 36.4 Å². The lowest BCUT2D eigenvalue weighted by molar-refractivity contribution is 0.112. The van der Waals surface area contributed by atoms with Crippen LogP contribution in [0.1, 0.15) is 29.3 Å². The molecule has 1 rings (SSSR count). The molecule has 0 saturated heterocycles. The van der Waals surface area contributed by atoms with Crippen LogP contribution in [0, 0.1) is 0 Å². The first-order chi connectivity index (χ1) is 6.36. The number of rotatable bonds is 4. The molecule has 0 bridgehead atoms. The van der Waals surface area contributed by atoms with Crippen molar-refractivity contribution in [2.45, 2.75) is 19.8 Å². The summed E-state index contributed by atoms with van der Waals surface area (Å²) in [6.07, 6.45) is 7.19. The van der Waals surface area contributed by atoms with Crippen LogP contribution in [0.3, 0.4) is 0 Å². The predicted octanol–water partition coefficient (Wildman–Crippen LogP) is 3.01. The molecule has 0 radical (unpaired) electrons.